The first-order valence-electron chi connectivity index (χ1n) is 9.78. The van der Waals surface area contributed by atoms with E-state index in [-0.39, 0.29) is 5.56 Å². The quantitative estimate of drug-likeness (QED) is 0.356. The molecule has 0 radical (unpaired) electrons. The minimum absolute atomic E-state index is 0.00548. The highest BCUT2D eigenvalue weighted by molar-refractivity contribution is 7.98. The summed E-state index contributed by atoms with van der Waals surface area (Å²) in [5, 5.41) is 11.6. The van der Waals surface area contributed by atoms with Crippen molar-refractivity contribution in [3.8, 4) is 0 Å². The Kier molecular flexibility index (Phi) is 5.14. The van der Waals surface area contributed by atoms with Crippen LogP contribution in [-0.4, -0.2) is 19.2 Å². The standard InChI is InChI=1S/C23H20N4OS2/c1-16-7-9-18(10-8-16)15-30-23-25-24-22-26(13-11-17-5-3-2-4-6-17)21(28)20-19(27(22)23)12-14-29-20/h2-10,12,14H,11,13,15H2,1H3. The fourth-order valence-electron chi connectivity index (χ4n) is 3.51. The number of aromatic nitrogens is 4. The lowest BCUT2D eigenvalue weighted by atomic mass is 10.1. The third kappa shape index (κ3) is 3.55. The molecule has 0 N–H and O–H groups in total. The van der Waals surface area contributed by atoms with Crippen molar-refractivity contribution in [1.29, 1.82) is 0 Å². The van der Waals surface area contributed by atoms with Crippen molar-refractivity contribution in [3.05, 3.63) is 93.1 Å². The van der Waals surface area contributed by atoms with Gasteiger partial charge in [0, 0.05) is 12.3 Å². The number of rotatable bonds is 6. The van der Waals surface area contributed by atoms with Gasteiger partial charge in [-0.05, 0) is 35.9 Å². The van der Waals surface area contributed by atoms with Crippen molar-refractivity contribution >= 4 is 39.1 Å². The van der Waals surface area contributed by atoms with Crippen LogP contribution in [0.15, 0.2) is 76.0 Å². The van der Waals surface area contributed by atoms with E-state index in [4.69, 9.17) is 0 Å². The number of hydrogen-bond donors (Lipinski definition) is 0. The zero-order valence-corrected chi connectivity index (χ0v) is 18.1. The highest BCUT2D eigenvalue weighted by Crippen LogP contribution is 2.26. The van der Waals surface area contributed by atoms with E-state index in [0.29, 0.717) is 12.3 Å². The largest absolute Gasteiger partial charge is 0.275 e. The van der Waals surface area contributed by atoms with Crippen molar-refractivity contribution in [2.45, 2.75) is 30.8 Å². The monoisotopic (exact) mass is 432 g/mol. The van der Waals surface area contributed by atoms with E-state index < -0.39 is 0 Å². The van der Waals surface area contributed by atoms with Gasteiger partial charge in [-0.2, -0.15) is 0 Å². The maximum absolute atomic E-state index is 13.1. The maximum atomic E-state index is 13.1. The number of fused-ring (bicyclic) bond motifs is 3. The molecule has 0 atom stereocenters. The predicted molar refractivity (Wildman–Crippen MR) is 124 cm³/mol. The first kappa shape index (κ1) is 19.1. The highest BCUT2D eigenvalue weighted by atomic mass is 32.2. The molecule has 5 aromatic rings. The molecular formula is C23H20N4OS2. The fourth-order valence-corrected chi connectivity index (χ4v) is 5.23. The van der Waals surface area contributed by atoms with Gasteiger partial charge >= 0.3 is 0 Å². The molecule has 0 bridgehead atoms. The van der Waals surface area contributed by atoms with Crippen molar-refractivity contribution in [2.75, 3.05) is 0 Å². The smallest absolute Gasteiger partial charge is 0.272 e. The van der Waals surface area contributed by atoms with E-state index in [1.807, 2.05) is 34.0 Å². The van der Waals surface area contributed by atoms with E-state index in [1.165, 1.54) is 28.0 Å². The minimum Gasteiger partial charge on any atom is -0.275 e. The third-order valence-corrected chi connectivity index (χ3v) is 7.03. The summed E-state index contributed by atoms with van der Waals surface area (Å²) >= 11 is 3.12. The number of aryl methyl sites for hydroxylation is 3. The van der Waals surface area contributed by atoms with Gasteiger partial charge in [0.2, 0.25) is 5.78 Å². The molecule has 5 rings (SSSR count). The molecule has 0 saturated carbocycles. The van der Waals surface area contributed by atoms with Gasteiger partial charge in [0.05, 0.1) is 5.52 Å². The number of benzene rings is 2. The zero-order valence-electron chi connectivity index (χ0n) is 16.5. The summed E-state index contributed by atoms with van der Waals surface area (Å²) in [7, 11) is 0. The van der Waals surface area contributed by atoms with Gasteiger partial charge in [-0.15, -0.1) is 21.5 Å². The molecule has 0 unspecified atom stereocenters. The Morgan fingerprint density at radius 3 is 2.57 bits per heavy atom. The van der Waals surface area contributed by atoms with Crippen LogP contribution in [0.4, 0.5) is 0 Å². The third-order valence-electron chi connectivity index (χ3n) is 5.14. The van der Waals surface area contributed by atoms with Crippen molar-refractivity contribution in [2.24, 2.45) is 0 Å². The molecule has 30 heavy (non-hydrogen) atoms. The lowest BCUT2D eigenvalue weighted by Gasteiger charge is -2.09. The van der Waals surface area contributed by atoms with Gasteiger partial charge in [0.25, 0.3) is 5.56 Å². The lowest BCUT2D eigenvalue weighted by Crippen LogP contribution is -2.23. The van der Waals surface area contributed by atoms with Crippen LogP contribution in [0.1, 0.15) is 16.7 Å². The first-order valence-corrected chi connectivity index (χ1v) is 11.6. The van der Waals surface area contributed by atoms with E-state index in [9.17, 15) is 4.79 Å². The van der Waals surface area contributed by atoms with E-state index in [2.05, 4.69) is 53.5 Å². The Morgan fingerprint density at radius 1 is 0.967 bits per heavy atom. The molecule has 0 amide bonds. The van der Waals surface area contributed by atoms with Crippen molar-refractivity contribution in [1.82, 2.24) is 19.2 Å². The highest BCUT2D eigenvalue weighted by Gasteiger charge is 2.17. The van der Waals surface area contributed by atoms with Gasteiger partial charge in [0.1, 0.15) is 4.70 Å². The SMILES string of the molecule is Cc1ccc(CSc2nnc3n(CCc4ccccc4)c(=O)c4sccc4n23)cc1. The average molecular weight is 433 g/mol. The molecule has 3 heterocycles. The topological polar surface area (TPSA) is 52.2 Å². The second-order valence-corrected chi connectivity index (χ2v) is 9.08. The molecule has 7 heteroatoms. The average Bonchev–Trinajstić information content (AvgIpc) is 3.41. The summed E-state index contributed by atoms with van der Waals surface area (Å²) in [6.45, 7) is 2.66. The molecule has 3 aromatic heterocycles. The van der Waals surface area contributed by atoms with E-state index in [1.54, 1.807) is 16.3 Å². The van der Waals surface area contributed by atoms with Gasteiger partial charge in [0.15, 0.2) is 5.16 Å². The van der Waals surface area contributed by atoms with Crippen LogP contribution in [0, 0.1) is 6.92 Å². The van der Waals surface area contributed by atoms with Crippen LogP contribution in [0.25, 0.3) is 16.0 Å². The minimum atomic E-state index is 0.00548. The molecule has 0 aliphatic carbocycles. The number of nitrogens with zero attached hydrogens (tertiary/aromatic N) is 4. The van der Waals surface area contributed by atoms with Crippen LogP contribution in [0.2, 0.25) is 0 Å². The van der Waals surface area contributed by atoms with Gasteiger partial charge in [-0.3, -0.25) is 13.8 Å². The Balaban J connectivity index is 1.53. The van der Waals surface area contributed by atoms with Gasteiger partial charge in [-0.25, -0.2) is 0 Å². The molecule has 0 saturated heterocycles. The molecule has 150 valence electrons. The number of thiophene rings is 1. The van der Waals surface area contributed by atoms with Crippen LogP contribution >= 0.6 is 23.1 Å². The summed E-state index contributed by atoms with van der Waals surface area (Å²) in [6, 6.07) is 20.7. The van der Waals surface area contributed by atoms with E-state index in [0.717, 1.165) is 27.5 Å². The number of thioether (sulfide) groups is 1. The van der Waals surface area contributed by atoms with Crippen molar-refractivity contribution < 1.29 is 0 Å². The summed E-state index contributed by atoms with van der Waals surface area (Å²) in [4.78, 5) is 13.1. The van der Waals surface area contributed by atoms with Crippen LogP contribution in [0.5, 0.6) is 0 Å². The second kappa shape index (κ2) is 8.08. The van der Waals surface area contributed by atoms with Gasteiger partial charge < -0.3 is 0 Å². The normalized spacial score (nSPS) is 11.5. The van der Waals surface area contributed by atoms with E-state index >= 15 is 0 Å². The molecule has 2 aromatic carbocycles. The Hall–Kier alpha value is -2.90. The van der Waals surface area contributed by atoms with Gasteiger partial charge in [-0.1, -0.05) is 71.9 Å². The zero-order chi connectivity index (χ0) is 20.5. The lowest BCUT2D eigenvalue weighted by molar-refractivity contribution is 0.678. The van der Waals surface area contributed by atoms with Crippen LogP contribution in [0.3, 0.4) is 0 Å². The second-order valence-electron chi connectivity index (χ2n) is 7.22. The Labute approximate surface area is 182 Å². The molecule has 0 spiro atoms. The summed E-state index contributed by atoms with van der Waals surface area (Å²) in [5.41, 5.74) is 4.57. The fraction of sp³-hybridized carbons (Fsp3) is 0.174. The van der Waals surface area contributed by atoms with Crippen LogP contribution in [-0.2, 0) is 18.7 Å². The Bertz CT molecular complexity index is 1370. The number of hydrogen-bond acceptors (Lipinski definition) is 5. The Morgan fingerprint density at radius 2 is 1.77 bits per heavy atom. The summed E-state index contributed by atoms with van der Waals surface area (Å²) in [5.74, 6) is 1.41. The van der Waals surface area contributed by atoms with Crippen molar-refractivity contribution in [3.63, 3.8) is 0 Å². The molecule has 0 aliphatic heterocycles. The summed E-state index contributed by atoms with van der Waals surface area (Å²) < 4.78 is 4.53. The molecular weight excluding hydrogens is 412 g/mol. The first-order chi connectivity index (χ1) is 14.7. The van der Waals surface area contributed by atoms with Crippen LogP contribution < -0.4 is 5.56 Å². The molecule has 5 nitrogen and oxygen atoms in total. The predicted octanol–water partition coefficient (Wildman–Crippen LogP) is 4.95. The molecule has 0 fully saturated rings. The maximum Gasteiger partial charge on any atom is 0.272 e. The summed E-state index contributed by atoms with van der Waals surface area (Å²) in [6.07, 6.45) is 0.770. The molecule has 0 aliphatic rings.